The van der Waals surface area contributed by atoms with Gasteiger partial charge in [0.1, 0.15) is 5.60 Å². The van der Waals surface area contributed by atoms with Crippen LogP contribution < -0.4 is 16.0 Å². The van der Waals surface area contributed by atoms with Gasteiger partial charge >= 0.3 is 6.09 Å². The van der Waals surface area contributed by atoms with Crippen LogP contribution in [-0.4, -0.2) is 38.3 Å². The summed E-state index contributed by atoms with van der Waals surface area (Å²) in [6.07, 6.45) is -0.442. The Labute approximate surface area is 155 Å². The van der Waals surface area contributed by atoms with Crippen LogP contribution in [0, 0.1) is 0 Å². The lowest BCUT2D eigenvalue weighted by atomic mass is 10.1. The Morgan fingerprint density at radius 2 is 1.87 bits per heavy atom. The minimum absolute atomic E-state index is 0. The Morgan fingerprint density at radius 1 is 1.26 bits per heavy atom. The van der Waals surface area contributed by atoms with Crippen molar-refractivity contribution in [3.05, 3.63) is 35.9 Å². The number of benzene rings is 1. The summed E-state index contributed by atoms with van der Waals surface area (Å²) in [6, 6.07) is 9.52. The molecular formula is C16H27IN4O2. The van der Waals surface area contributed by atoms with E-state index in [1.807, 2.05) is 51.1 Å². The van der Waals surface area contributed by atoms with E-state index < -0.39 is 11.7 Å². The molecule has 7 heteroatoms. The van der Waals surface area contributed by atoms with Gasteiger partial charge in [-0.05, 0) is 26.3 Å². The number of ether oxygens (including phenoxy) is 1. The molecule has 1 amide bonds. The average Bonchev–Trinajstić information content (AvgIpc) is 2.46. The van der Waals surface area contributed by atoms with Crippen molar-refractivity contribution in [1.82, 2.24) is 16.0 Å². The van der Waals surface area contributed by atoms with Crippen LogP contribution in [0.2, 0.25) is 0 Å². The molecule has 0 saturated carbocycles. The fourth-order valence-electron chi connectivity index (χ4n) is 1.87. The molecule has 0 fully saturated rings. The van der Waals surface area contributed by atoms with Crippen molar-refractivity contribution in [2.45, 2.75) is 32.4 Å². The maximum atomic E-state index is 12.0. The third kappa shape index (κ3) is 8.63. The Hall–Kier alpha value is -1.51. The molecule has 6 nitrogen and oxygen atoms in total. The Balaban J connectivity index is 0.00000484. The highest BCUT2D eigenvalue weighted by Gasteiger charge is 2.20. The highest BCUT2D eigenvalue weighted by Crippen LogP contribution is 2.13. The lowest BCUT2D eigenvalue weighted by Gasteiger charge is -2.24. The zero-order valence-electron chi connectivity index (χ0n) is 14.3. The first kappa shape index (κ1) is 21.5. The number of carbonyl (C=O) groups excluding carboxylic acids is 1. The molecule has 1 rings (SSSR count). The van der Waals surface area contributed by atoms with Crippen LogP contribution in [-0.2, 0) is 4.74 Å². The number of nitrogens with zero attached hydrogens (tertiary/aromatic N) is 1. The number of carbonyl (C=O) groups is 1. The van der Waals surface area contributed by atoms with Crippen molar-refractivity contribution in [3.8, 4) is 0 Å². The molecule has 0 aromatic heterocycles. The number of nitrogens with one attached hydrogen (secondary N) is 3. The molecule has 0 radical (unpaired) electrons. The van der Waals surface area contributed by atoms with Gasteiger partial charge in [0.2, 0.25) is 0 Å². The number of guanidine groups is 1. The predicted octanol–water partition coefficient (Wildman–Crippen LogP) is 2.67. The molecule has 0 aliphatic carbocycles. The summed E-state index contributed by atoms with van der Waals surface area (Å²) in [5.41, 5.74) is 0.465. The number of rotatable bonds is 4. The van der Waals surface area contributed by atoms with Gasteiger partial charge in [0.25, 0.3) is 0 Å². The summed E-state index contributed by atoms with van der Waals surface area (Å²) >= 11 is 0. The first-order valence-electron chi connectivity index (χ1n) is 7.28. The second-order valence-corrected chi connectivity index (χ2v) is 5.81. The van der Waals surface area contributed by atoms with E-state index in [1.165, 1.54) is 0 Å². The second kappa shape index (κ2) is 10.3. The van der Waals surface area contributed by atoms with E-state index in [-0.39, 0.29) is 30.0 Å². The predicted molar refractivity (Wildman–Crippen MR) is 104 cm³/mol. The van der Waals surface area contributed by atoms with Crippen LogP contribution in [0.1, 0.15) is 32.4 Å². The van der Waals surface area contributed by atoms with Crippen LogP contribution in [0.4, 0.5) is 4.79 Å². The van der Waals surface area contributed by atoms with Crippen molar-refractivity contribution in [3.63, 3.8) is 0 Å². The summed E-state index contributed by atoms with van der Waals surface area (Å²) in [5.74, 6) is 0.659. The van der Waals surface area contributed by atoms with Crippen molar-refractivity contribution in [2.75, 3.05) is 20.6 Å². The number of amides is 1. The van der Waals surface area contributed by atoms with E-state index in [0.29, 0.717) is 12.5 Å². The molecule has 3 N–H and O–H groups in total. The number of alkyl carbamates (subject to hydrolysis) is 1. The molecule has 0 aliphatic rings. The number of hydrogen-bond acceptors (Lipinski definition) is 3. The normalized spacial score (nSPS) is 12.7. The highest BCUT2D eigenvalue weighted by molar-refractivity contribution is 14.0. The lowest BCUT2D eigenvalue weighted by Crippen LogP contribution is -2.43. The summed E-state index contributed by atoms with van der Waals surface area (Å²) in [7, 11) is 3.48. The zero-order valence-corrected chi connectivity index (χ0v) is 16.7. The van der Waals surface area contributed by atoms with Gasteiger partial charge in [-0.15, -0.1) is 24.0 Å². The Morgan fingerprint density at radius 3 is 2.35 bits per heavy atom. The van der Waals surface area contributed by atoms with Crippen LogP contribution in [0.25, 0.3) is 0 Å². The topological polar surface area (TPSA) is 74.8 Å². The maximum Gasteiger partial charge on any atom is 0.408 e. The number of hydrogen-bond donors (Lipinski definition) is 3. The van der Waals surface area contributed by atoms with Gasteiger partial charge in [0, 0.05) is 20.6 Å². The summed E-state index contributed by atoms with van der Waals surface area (Å²) in [6.45, 7) is 6.01. The molecule has 0 spiro atoms. The molecule has 0 aliphatic heterocycles. The van der Waals surface area contributed by atoms with Gasteiger partial charge in [-0.25, -0.2) is 4.79 Å². The average molecular weight is 434 g/mol. The molecule has 0 heterocycles. The molecule has 1 atom stereocenters. The van der Waals surface area contributed by atoms with Crippen molar-refractivity contribution >= 4 is 36.0 Å². The molecule has 1 unspecified atom stereocenters. The zero-order chi connectivity index (χ0) is 16.6. The first-order chi connectivity index (χ1) is 10.4. The van der Waals surface area contributed by atoms with Gasteiger partial charge in [-0.1, -0.05) is 30.3 Å². The molecular weight excluding hydrogens is 407 g/mol. The van der Waals surface area contributed by atoms with Gasteiger partial charge in [0.05, 0.1) is 6.04 Å². The van der Waals surface area contributed by atoms with Crippen molar-refractivity contribution in [2.24, 2.45) is 4.99 Å². The maximum absolute atomic E-state index is 12.0. The number of aliphatic imine (C=N–C) groups is 1. The summed E-state index contributed by atoms with van der Waals surface area (Å²) < 4.78 is 5.33. The molecule has 0 saturated heterocycles. The van der Waals surface area contributed by atoms with Gasteiger partial charge in [-0.2, -0.15) is 0 Å². The van der Waals surface area contributed by atoms with Crippen molar-refractivity contribution in [1.29, 1.82) is 0 Å². The molecule has 23 heavy (non-hydrogen) atoms. The standard InChI is InChI=1S/C16H26N4O2.HI/c1-16(2,3)22-15(21)20-13(11-19-14(17-4)18-5)12-9-7-6-8-10-12;/h6-10,13H,11H2,1-5H3,(H,20,21)(H2,17,18,19);1H. The minimum Gasteiger partial charge on any atom is -0.444 e. The SMILES string of the molecule is CN=C(NC)NCC(NC(=O)OC(C)(C)C)c1ccccc1.I. The van der Waals surface area contributed by atoms with Crippen LogP contribution in [0.5, 0.6) is 0 Å². The smallest absolute Gasteiger partial charge is 0.408 e. The number of halogens is 1. The second-order valence-electron chi connectivity index (χ2n) is 5.81. The van der Waals surface area contributed by atoms with Crippen LogP contribution >= 0.6 is 24.0 Å². The van der Waals surface area contributed by atoms with E-state index in [2.05, 4.69) is 20.9 Å². The van der Waals surface area contributed by atoms with E-state index >= 15 is 0 Å². The molecule has 1 aromatic carbocycles. The fraction of sp³-hybridized carbons (Fsp3) is 0.500. The lowest BCUT2D eigenvalue weighted by molar-refractivity contribution is 0.0504. The van der Waals surface area contributed by atoms with Gasteiger partial charge in [-0.3, -0.25) is 4.99 Å². The molecule has 0 bridgehead atoms. The van der Waals surface area contributed by atoms with E-state index in [4.69, 9.17) is 4.74 Å². The van der Waals surface area contributed by atoms with Crippen LogP contribution in [0.15, 0.2) is 35.3 Å². The Bertz CT molecular complexity index is 501. The van der Waals surface area contributed by atoms with E-state index in [9.17, 15) is 4.79 Å². The third-order valence-electron chi connectivity index (χ3n) is 2.83. The van der Waals surface area contributed by atoms with Crippen LogP contribution in [0.3, 0.4) is 0 Å². The van der Waals surface area contributed by atoms with Gasteiger partial charge < -0.3 is 20.7 Å². The highest BCUT2D eigenvalue weighted by atomic mass is 127. The fourth-order valence-corrected chi connectivity index (χ4v) is 1.87. The molecule has 130 valence electrons. The summed E-state index contributed by atoms with van der Waals surface area (Å²) in [4.78, 5) is 16.1. The largest absolute Gasteiger partial charge is 0.444 e. The Kier molecular flexibility index (Phi) is 9.62. The van der Waals surface area contributed by atoms with E-state index in [0.717, 1.165) is 5.56 Å². The van der Waals surface area contributed by atoms with Crippen molar-refractivity contribution < 1.29 is 9.53 Å². The van der Waals surface area contributed by atoms with E-state index in [1.54, 1.807) is 14.1 Å². The first-order valence-corrected chi connectivity index (χ1v) is 7.28. The molecule has 1 aromatic rings. The minimum atomic E-state index is -0.528. The third-order valence-corrected chi connectivity index (χ3v) is 2.83. The monoisotopic (exact) mass is 434 g/mol. The van der Waals surface area contributed by atoms with Gasteiger partial charge in [0.15, 0.2) is 5.96 Å². The quantitative estimate of drug-likeness (QED) is 0.387. The summed E-state index contributed by atoms with van der Waals surface area (Å²) in [5, 5.41) is 8.99.